The van der Waals surface area contributed by atoms with Crippen LogP contribution in [0, 0.1) is 0 Å². The summed E-state index contributed by atoms with van der Waals surface area (Å²) in [6.07, 6.45) is -0.418. The summed E-state index contributed by atoms with van der Waals surface area (Å²) in [5, 5.41) is 17.1. The molecule has 1 unspecified atom stereocenters. The van der Waals surface area contributed by atoms with Crippen LogP contribution >= 0.6 is 23.7 Å². The molecule has 2 aromatic rings. The molecule has 0 saturated carbocycles. The zero-order chi connectivity index (χ0) is 21.7. The van der Waals surface area contributed by atoms with Crippen molar-refractivity contribution in [2.75, 3.05) is 11.1 Å². The number of nitrogens with two attached hydrogens (primary N) is 1. The van der Waals surface area contributed by atoms with Gasteiger partial charge in [-0.2, -0.15) is 13.2 Å². The molecule has 0 bridgehead atoms. The highest BCUT2D eigenvalue weighted by Crippen LogP contribution is 2.36. The maximum Gasteiger partial charge on any atom is 0.501 e. The van der Waals surface area contributed by atoms with Crippen LogP contribution in [0.25, 0.3) is 0 Å². The molecule has 2 aromatic carbocycles. The van der Waals surface area contributed by atoms with Gasteiger partial charge in [0.05, 0.1) is 12.1 Å². The van der Waals surface area contributed by atoms with Crippen LogP contribution < -0.4 is 10.5 Å². The van der Waals surface area contributed by atoms with Crippen molar-refractivity contribution in [1.82, 2.24) is 0 Å². The number of carbonyl (C=O) groups is 1. The van der Waals surface area contributed by atoms with Gasteiger partial charge in [0.25, 0.3) is 9.84 Å². The number of halogens is 3. The van der Waals surface area contributed by atoms with Crippen molar-refractivity contribution in [2.24, 2.45) is 5.14 Å². The normalized spacial score (nSPS) is 13.1. The van der Waals surface area contributed by atoms with Gasteiger partial charge in [0.15, 0.2) is 0 Å². The van der Waals surface area contributed by atoms with E-state index in [0.717, 1.165) is 17.0 Å². The highest BCUT2D eigenvalue weighted by molar-refractivity contribution is 7.99. The Hall–Kier alpha value is -1.89. The van der Waals surface area contributed by atoms with E-state index in [9.17, 15) is 26.4 Å². The molecule has 12 heteroatoms. The Morgan fingerprint density at radius 3 is 2.34 bits per heavy atom. The molecule has 4 N–H and O–H groups in total. The minimum atomic E-state index is -5.67. The quantitative estimate of drug-likeness (QED) is 0.376. The van der Waals surface area contributed by atoms with Crippen LogP contribution in [0.4, 0.5) is 18.9 Å². The molecule has 29 heavy (non-hydrogen) atoms. The zero-order valence-corrected chi connectivity index (χ0v) is 17.2. The van der Waals surface area contributed by atoms with E-state index in [1.165, 1.54) is 17.8 Å². The molecule has 1 atom stereocenters. The second-order valence-corrected chi connectivity index (χ2v) is 9.50. The molecule has 0 amide bonds. The summed E-state index contributed by atoms with van der Waals surface area (Å²) < 4.78 is 63.3. The van der Waals surface area contributed by atoms with Gasteiger partial charge < -0.3 is 10.4 Å². The number of anilines is 1. The molecular weight excluding hydrogens is 449 g/mol. The van der Waals surface area contributed by atoms with Crippen LogP contribution in [0.3, 0.4) is 0 Å². The molecule has 2 rings (SSSR count). The molecule has 0 aliphatic carbocycles. The summed E-state index contributed by atoms with van der Waals surface area (Å²) >= 11 is 1.89. The molecular formula is C17H17F3N2O4S3. The van der Waals surface area contributed by atoms with Crippen LogP contribution in [-0.2, 0) is 14.6 Å². The summed E-state index contributed by atoms with van der Waals surface area (Å²) in [5.41, 5.74) is -5.84. The van der Waals surface area contributed by atoms with E-state index in [2.05, 4.69) is 5.32 Å². The molecule has 0 heterocycles. The smallest absolute Gasteiger partial charge is 0.481 e. The van der Waals surface area contributed by atoms with Crippen molar-refractivity contribution >= 4 is 45.2 Å². The van der Waals surface area contributed by atoms with Crippen molar-refractivity contribution in [3.8, 4) is 0 Å². The van der Waals surface area contributed by atoms with E-state index >= 15 is 0 Å². The van der Waals surface area contributed by atoms with E-state index in [4.69, 9.17) is 10.2 Å². The fourth-order valence-corrected chi connectivity index (χ4v) is 4.64. The second kappa shape index (κ2) is 9.74. The Bertz CT molecular complexity index is 954. The number of benzene rings is 2. The minimum absolute atomic E-state index is 0.117. The summed E-state index contributed by atoms with van der Waals surface area (Å²) in [7, 11) is -5.67. The predicted octanol–water partition coefficient (Wildman–Crippen LogP) is 3.99. The molecule has 0 spiro atoms. The molecule has 0 aliphatic heterocycles. The molecule has 0 fully saturated rings. The number of thioether (sulfide) groups is 1. The highest BCUT2D eigenvalue weighted by atomic mass is 32.2. The average Bonchev–Trinajstić information content (AvgIpc) is 2.65. The Morgan fingerprint density at radius 2 is 1.79 bits per heavy atom. The molecule has 0 aliphatic rings. The summed E-state index contributed by atoms with van der Waals surface area (Å²) in [5.74, 6) is -0.986. The monoisotopic (exact) mass is 466 g/mol. The number of rotatable bonds is 9. The number of carboxylic acid groups (broad SMARTS) is 1. The fourth-order valence-electron chi connectivity index (χ4n) is 2.34. The van der Waals surface area contributed by atoms with Crippen LogP contribution in [0.2, 0.25) is 0 Å². The van der Waals surface area contributed by atoms with Crippen LogP contribution in [0.5, 0.6) is 0 Å². The molecule has 0 radical (unpaired) electrons. The number of hydrogen-bond acceptors (Lipinski definition) is 7. The van der Waals surface area contributed by atoms with Gasteiger partial charge in [-0.1, -0.05) is 18.2 Å². The third-order valence-corrected chi connectivity index (χ3v) is 6.89. The highest BCUT2D eigenvalue weighted by Gasteiger charge is 2.48. The first kappa shape index (κ1) is 23.4. The van der Waals surface area contributed by atoms with Gasteiger partial charge in [-0.15, -0.1) is 11.8 Å². The van der Waals surface area contributed by atoms with E-state index < -0.39 is 38.7 Å². The van der Waals surface area contributed by atoms with Gasteiger partial charge in [-0.05, 0) is 42.3 Å². The Labute approximate surface area is 174 Å². The Kier molecular flexibility index (Phi) is 7.86. The standard InChI is InChI=1S/C17H17F3N2O4S3/c18-17(19,20)29(25,26)15-9-13(28-21)6-7-14(15)22-11(8-16(23)24)10-27-12-4-2-1-3-5-12/h1-7,9,11,22H,8,10,21H2,(H,23,24). The lowest BCUT2D eigenvalue weighted by molar-refractivity contribution is -0.137. The van der Waals surface area contributed by atoms with Crippen LogP contribution in [0.1, 0.15) is 6.42 Å². The van der Waals surface area contributed by atoms with Gasteiger partial charge in [-0.3, -0.25) is 9.93 Å². The van der Waals surface area contributed by atoms with Crippen molar-refractivity contribution in [2.45, 2.75) is 32.7 Å². The predicted molar refractivity (Wildman–Crippen MR) is 107 cm³/mol. The van der Waals surface area contributed by atoms with Gasteiger partial charge in [0, 0.05) is 21.6 Å². The third-order valence-electron chi connectivity index (χ3n) is 3.66. The number of nitrogens with one attached hydrogen (secondary N) is 1. The lowest BCUT2D eigenvalue weighted by Crippen LogP contribution is -2.29. The number of carboxylic acids is 1. The van der Waals surface area contributed by atoms with Gasteiger partial charge in [-0.25, -0.2) is 8.42 Å². The zero-order valence-electron chi connectivity index (χ0n) is 14.7. The van der Waals surface area contributed by atoms with E-state index in [0.29, 0.717) is 11.9 Å². The summed E-state index contributed by atoms with van der Waals surface area (Å²) in [4.78, 5) is 11.1. The third kappa shape index (κ3) is 6.29. The summed E-state index contributed by atoms with van der Waals surface area (Å²) in [6.45, 7) is 0. The fraction of sp³-hybridized carbons (Fsp3) is 0.235. The lowest BCUT2D eigenvalue weighted by Gasteiger charge is -2.21. The maximum absolute atomic E-state index is 13.1. The van der Waals surface area contributed by atoms with Crippen molar-refractivity contribution in [1.29, 1.82) is 0 Å². The second-order valence-electron chi connectivity index (χ2n) is 5.79. The first-order valence-electron chi connectivity index (χ1n) is 8.03. The van der Waals surface area contributed by atoms with Crippen LogP contribution in [-0.4, -0.2) is 36.8 Å². The van der Waals surface area contributed by atoms with E-state index in [1.807, 2.05) is 6.07 Å². The first-order chi connectivity index (χ1) is 13.5. The van der Waals surface area contributed by atoms with Crippen LogP contribution in [0.15, 0.2) is 63.2 Å². The summed E-state index contributed by atoms with van der Waals surface area (Å²) in [6, 6.07) is 11.5. The number of sulfone groups is 1. The largest absolute Gasteiger partial charge is 0.501 e. The van der Waals surface area contributed by atoms with Gasteiger partial charge >= 0.3 is 11.5 Å². The first-order valence-corrected chi connectivity index (χ1v) is 11.4. The van der Waals surface area contributed by atoms with Crippen molar-refractivity contribution < 1.29 is 31.5 Å². The van der Waals surface area contributed by atoms with Crippen molar-refractivity contribution in [3.63, 3.8) is 0 Å². The topological polar surface area (TPSA) is 109 Å². The van der Waals surface area contributed by atoms with Gasteiger partial charge in [0.1, 0.15) is 4.90 Å². The molecule has 6 nitrogen and oxygen atoms in total. The minimum Gasteiger partial charge on any atom is -0.481 e. The Morgan fingerprint density at radius 1 is 1.14 bits per heavy atom. The lowest BCUT2D eigenvalue weighted by atomic mass is 10.2. The number of hydrogen-bond donors (Lipinski definition) is 3. The number of aliphatic carboxylic acids is 1. The molecule has 158 valence electrons. The maximum atomic E-state index is 13.1. The number of alkyl halides is 3. The van der Waals surface area contributed by atoms with E-state index in [1.54, 1.807) is 24.3 Å². The molecule has 0 saturated heterocycles. The Balaban J connectivity index is 2.35. The molecule has 0 aromatic heterocycles. The van der Waals surface area contributed by atoms with Crippen molar-refractivity contribution in [3.05, 3.63) is 48.5 Å². The van der Waals surface area contributed by atoms with Gasteiger partial charge in [0.2, 0.25) is 0 Å². The average molecular weight is 467 g/mol. The SMILES string of the molecule is NSc1ccc(NC(CSc2ccccc2)CC(=O)O)c(S(=O)(=O)C(F)(F)F)c1. The van der Waals surface area contributed by atoms with E-state index in [-0.39, 0.29) is 16.3 Å².